The first kappa shape index (κ1) is 13.4. The van der Waals surface area contributed by atoms with Gasteiger partial charge in [-0.2, -0.15) is 0 Å². The van der Waals surface area contributed by atoms with Crippen LogP contribution in [-0.4, -0.2) is 34.9 Å². The number of hydrogen-bond acceptors (Lipinski definition) is 4. The van der Waals surface area contributed by atoms with Crippen molar-refractivity contribution in [1.29, 1.82) is 0 Å². The van der Waals surface area contributed by atoms with Crippen molar-refractivity contribution in [3.8, 4) is 0 Å². The van der Waals surface area contributed by atoms with Gasteiger partial charge in [-0.1, -0.05) is 6.08 Å². The number of allylic oxidation sites excluding steroid dienone is 1. The van der Waals surface area contributed by atoms with Crippen molar-refractivity contribution in [3.63, 3.8) is 0 Å². The predicted molar refractivity (Wildman–Crippen MR) is 61.8 cm³/mol. The van der Waals surface area contributed by atoms with Crippen LogP contribution in [0, 0.1) is 5.92 Å². The predicted octanol–water partition coefficient (Wildman–Crippen LogP) is 0.592. The SMILES string of the molecule is CC(C)(O)O.O=C1CCC(C=C2CNC2)C1. The second kappa shape index (κ2) is 5.57. The van der Waals surface area contributed by atoms with Gasteiger partial charge in [-0.05, 0) is 31.8 Å². The molecule has 1 aliphatic heterocycles. The van der Waals surface area contributed by atoms with Crippen molar-refractivity contribution in [1.82, 2.24) is 5.32 Å². The van der Waals surface area contributed by atoms with Crippen molar-refractivity contribution < 1.29 is 15.0 Å². The Labute approximate surface area is 96.4 Å². The fourth-order valence-electron chi connectivity index (χ4n) is 1.71. The average Bonchev–Trinajstić information content (AvgIpc) is 2.41. The standard InChI is InChI=1S/C9H13NO.C3H8O2/c11-9-2-1-7(4-9)3-8-5-10-6-8;1-3(2,4)5/h3,7,10H,1-2,4-6H2;4-5H,1-2H3. The number of nitrogens with one attached hydrogen (secondary N) is 1. The lowest BCUT2D eigenvalue weighted by Crippen LogP contribution is -2.34. The summed E-state index contributed by atoms with van der Waals surface area (Å²) in [5.74, 6) is -0.487. The van der Waals surface area contributed by atoms with Crippen LogP contribution in [0.4, 0.5) is 0 Å². The van der Waals surface area contributed by atoms with Crippen LogP contribution in [0.25, 0.3) is 0 Å². The van der Waals surface area contributed by atoms with Crippen molar-refractivity contribution >= 4 is 5.78 Å². The summed E-state index contributed by atoms with van der Waals surface area (Å²) < 4.78 is 0. The number of carbonyl (C=O) groups is 1. The van der Waals surface area contributed by atoms with Gasteiger partial charge in [-0.25, -0.2) is 0 Å². The van der Waals surface area contributed by atoms with E-state index in [0.29, 0.717) is 11.7 Å². The zero-order valence-corrected chi connectivity index (χ0v) is 9.99. The number of carbonyl (C=O) groups excluding carboxylic acids is 1. The minimum absolute atomic E-state index is 0.444. The summed E-state index contributed by atoms with van der Waals surface area (Å²) >= 11 is 0. The Morgan fingerprint density at radius 3 is 2.25 bits per heavy atom. The van der Waals surface area contributed by atoms with Crippen molar-refractivity contribution in [2.75, 3.05) is 13.1 Å². The van der Waals surface area contributed by atoms with Crippen molar-refractivity contribution in [2.24, 2.45) is 5.92 Å². The number of hydrogen-bond donors (Lipinski definition) is 3. The summed E-state index contributed by atoms with van der Waals surface area (Å²) in [6.07, 6.45) is 4.98. The fourth-order valence-corrected chi connectivity index (χ4v) is 1.71. The van der Waals surface area contributed by atoms with Crippen LogP contribution in [0.15, 0.2) is 11.6 Å². The van der Waals surface area contributed by atoms with E-state index in [1.807, 2.05) is 0 Å². The Hall–Kier alpha value is -0.710. The van der Waals surface area contributed by atoms with Crippen molar-refractivity contribution in [2.45, 2.75) is 38.9 Å². The molecule has 16 heavy (non-hydrogen) atoms. The van der Waals surface area contributed by atoms with E-state index in [1.54, 1.807) is 0 Å². The van der Waals surface area contributed by atoms with Gasteiger partial charge in [0.05, 0.1) is 0 Å². The highest BCUT2D eigenvalue weighted by molar-refractivity contribution is 5.80. The molecule has 4 heteroatoms. The molecule has 0 aromatic heterocycles. The lowest BCUT2D eigenvalue weighted by Gasteiger charge is -2.19. The minimum Gasteiger partial charge on any atom is -0.366 e. The van der Waals surface area contributed by atoms with E-state index in [1.165, 1.54) is 19.4 Å². The molecule has 2 fully saturated rings. The van der Waals surface area contributed by atoms with E-state index >= 15 is 0 Å². The summed E-state index contributed by atoms with van der Waals surface area (Å²) in [7, 11) is 0. The Kier molecular flexibility index (Phi) is 4.65. The molecule has 1 unspecified atom stereocenters. The quantitative estimate of drug-likeness (QED) is 0.453. The lowest BCUT2D eigenvalue weighted by molar-refractivity contribution is -0.127. The summed E-state index contributed by atoms with van der Waals surface area (Å²) in [4.78, 5) is 10.9. The Morgan fingerprint density at radius 2 is 1.94 bits per heavy atom. The smallest absolute Gasteiger partial charge is 0.156 e. The Balaban J connectivity index is 0.000000221. The molecule has 2 aliphatic rings. The van der Waals surface area contributed by atoms with Gasteiger partial charge in [0.25, 0.3) is 0 Å². The molecule has 0 amide bonds. The first-order valence-electron chi connectivity index (χ1n) is 5.71. The van der Waals surface area contributed by atoms with E-state index in [0.717, 1.165) is 32.4 Å². The first-order valence-corrected chi connectivity index (χ1v) is 5.71. The number of rotatable bonds is 1. The summed E-state index contributed by atoms with van der Waals surface area (Å²) in [6, 6.07) is 0. The lowest BCUT2D eigenvalue weighted by atomic mass is 10.0. The third-order valence-corrected chi connectivity index (χ3v) is 2.46. The maximum Gasteiger partial charge on any atom is 0.156 e. The van der Waals surface area contributed by atoms with Crippen LogP contribution in [0.3, 0.4) is 0 Å². The molecule has 1 saturated heterocycles. The van der Waals surface area contributed by atoms with Crippen LogP contribution in [0.5, 0.6) is 0 Å². The largest absolute Gasteiger partial charge is 0.366 e. The van der Waals surface area contributed by atoms with Gasteiger partial charge in [0.15, 0.2) is 5.79 Å². The van der Waals surface area contributed by atoms with Crippen LogP contribution in [-0.2, 0) is 4.79 Å². The van der Waals surface area contributed by atoms with Gasteiger partial charge in [-0.3, -0.25) is 4.79 Å². The summed E-state index contributed by atoms with van der Waals surface area (Å²) in [6.45, 7) is 4.69. The van der Waals surface area contributed by atoms with Crippen LogP contribution >= 0.6 is 0 Å². The minimum atomic E-state index is -1.50. The highest BCUT2D eigenvalue weighted by Crippen LogP contribution is 2.24. The molecule has 1 aliphatic carbocycles. The highest BCUT2D eigenvalue weighted by atomic mass is 16.5. The molecule has 2 rings (SSSR count). The first-order chi connectivity index (χ1) is 7.34. The molecule has 1 heterocycles. The third-order valence-electron chi connectivity index (χ3n) is 2.46. The molecule has 1 atom stereocenters. The zero-order chi connectivity index (χ0) is 12.2. The molecule has 0 aromatic rings. The normalized spacial score (nSPS) is 24.6. The van der Waals surface area contributed by atoms with E-state index in [-0.39, 0.29) is 0 Å². The van der Waals surface area contributed by atoms with Crippen LogP contribution in [0.2, 0.25) is 0 Å². The molecule has 92 valence electrons. The van der Waals surface area contributed by atoms with E-state index in [2.05, 4.69) is 11.4 Å². The summed E-state index contributed by atoms with van der Waals surface area (Å²) in [5.41, 5.74) is 1.49. The average molecular weight is 227 g/mol. The Bertz CT molecular complexity index is 266. The number of ketones is 1. The molecule has 0 spiro atoms. The van der Waals surface area contributed by atoms with Gasteiger partial charge < -0.3 is 15.5 Å². The second-order valence-corrected chi connectivity index (χ2v) is 4.96. The fraction of sp³-hybridized carbons (Fsp3) is 0.750. The van der Waals surface area contributed by atoms with Gasteiger partial charge in [0, 0.05) is 25.9 Å². The molecule has 1 saturated carbocycles. The molecule has 0 radical (unpaired) electrons. The number of aliphatic hydroxyl groups is 2. The van der Waals surface area contributed by atoms with E-state index < -0.39 is 5.79 Å². The van der Waals surface area contributed by atoms with E-state index in [4.69, 9.17) is 10.2 Å². The Morgan fingerprint density at radius 1 is 1.38 bits per heavy atom. The van der Waals surface area contributed by atoms with Crippen LogP contribution < -0.4 is 5.32 Å². The summed E-state index contributed by atoms with van der Waals surface area (Å²) in [5, 5.41) is 19.3. The molecular formula is C12H21NO3. The van der Waals surface area contributed by atoms with Crippen LogP contribution in [0.1, 0.15) is 33.1 Å². The maximum atomic E-state index is 10.9. The molecule has 3 N–H and O–H groups in total. The van der Waals surface area contributed by atoms with E-state index in [9.17, 15) is 4.79 Å². The van der Waals surface area contributed by atoms with Crippen molar-refractivity contribution in [3.05, 3.63) is 11.6 Å². The highest BCUT2D eigenvalue weighted by Gasteiger charge is 2.21. The number of Topliss-reactive ketones (excluding diaryl/α,β-unsaturated/α-hetero) is 1. The molecule has 0 aromatic carbocycles. The topological polar surface area (TPSA) is 69.6 Å². The molecule has 4 nitrogen and oxygen atoms in total. The third kappa shape index (κ3) is 6.00. The molecular weight excluding hydrogens is 206 g/mol. The van der Waals surface area contributed by atoms with Gasteiger partial charge >= 0.3 is 0 Å². The monoisotopic (exact) mass is 227 g/mol. The zero-order valence-electron chi connectivity index (χ0n) is 9.99. The van der Waals surface area contributed by atoms with Gasteiger partial charge in [0.2, 0.25) is 0 Å². The van der Waals surface area contributed by atoms with Gasteiger partial charge in [-0.15, -0.1) is 0 Å². The molecule has 0 bridgehead atoms. The maximum absolute atomic E-state index is 10.9. The van der Waals surface area contributed by atoms with Gasteiger partial charge in [0.1, 0.15) is 5.78 Å². The second-order valence-electron chi connectivity index (χ2n) is 4.96.